The summed E-state index contributed by atoms with van der Waals surface area (Å²) in [4.78, 5) is 18.9. The zero-order valence-corrected chi connectivity index (χ0v) is 19.0. The number of nitrogens with zero attached hydrogens (tertiary/aromatic N) is 6. The molecule has 156 valence electrons. The summed E-state index contributed by atoms with van der Waals surface area (Å²) in [5.74, 6) is 2.13. The largest absolute Gasteiger partial charge is 0.343 e. The summed E-state index contributed by atoms with van der Waals surface area (Å²) in [6, 6.07) is 8.47. The highest BCUT2D eigenvalue weighted by molar-refractivity contribution is 5.76. The lowest BCUT2D eigenvalue weighted by Crippen LogP contribution is -2.59. The monoisotopic (exact) mass is 394 g/mol. The highest BCUT2D eigenvalue weighted by Crippen LogP contribution is 2.47. The van der Waals surface area contributed by atoms with E-state index < -0.39 is 0 Å². The van der Waals surface area contributed by atoms with E-state index in [0.717, 1.165) is 18.1 Å². The summed E-state index contributed by atoms with van der Waals surface area (Å²) in [6.07, 6.45) is 5.29. The van der Waals surface area contributed by atoms with Crippen LogP contribution in [0.2, 0.25) is 0 Å². The van der Waals surface area contributed by atoms with Crippen LogP contribution < -0.4 is 19.6 Å². The molecule has 2 aliphatic heterocycles. The molecule has 2 aromatic rings. The molecule has 0 bridgehead atoms. The average molecular weight is 395 g/mol. The van der Waals surface area contributed by atoms with E-state index in [1.165, 1.54) is 11.4 Å². The minimum Gasteiger partial charge on any atom is -0.343 e. The molecule has 4 rings (SSSR count). The topological polar surface area (TPSA) is 38.7 Å². The van der Waals surface area contributed by atoms with Crippen LogP contribution in [0.4, 0.5) is 23.0 Å². The molecular weight excluding hydrogens is 360 g/mol. The maximum absolute atomic E-state index is 4.64. The van der Waals surface area contributed by atoms with Crippen LogP contribution >= 0.6 is 0 Å². The van der Waals surface area contributed by atoms with Crippen LogP contribution in [-0.2, 0) is 0 Å². The molecule has 2 aromatic heterocycles. The first-order valence-corrected chi connectivity index (χ1v) is 10.5. The molecule has 0 amide bonds. The SMILES string of the molecule is C[C@@H]1N(C)c2ncccc2N1C(C)(C)CC(C)(C)N1c2cccnc2N(C)[C@@H]1C. The highest BCUT2D eigenvalue weighted by Gasteiger charge is 2.47. The molecule has 0 aromatic carbocycles. The van der Waals surface area contributed by atoms with E-state index in [-0.39, 0.29) is 23.4 Å². The van der Waals surface area contributed by atoms with Crippen molar-refractivity contribution in [3.8, 4) is 0 Å². The molecule has 6 heteroatoms. The van der Waals surface area contributed by atoms with Crippen molar-refractivity contribution < 1.29 is 0 Å². The third kappa shape index (κ3) is 2.92. The van der Waals surface area contributed by atoms with E-state index in [9.17, 15) is 0 Å². The predicted molar refractivity (Wildman–Crippen MR) is 122 cm³/mol. The average Bonchev–Trinajstić information content (AvgIpc) is 3.07. The number of aromatic nitrogens is 2. The fraction of sp³-hybridized carbons (Fsp3) is 0.565. The summed E-state index contributed by atoms with van der Waals surface area (Å²) < 4.78 is 0. The number of hydrogen-bond donors (Lipinski definition) is 0. The van der Waals surface area contributed by atoms with Gasteiger partial charge >= 0.3 is 0 Å². The van der Waals surface area contributed by atoms with Gasteiger partial charge in [-0.25, -0.2) is 9.97 Å². The van der Waals surface area contributed by atoms with E-state index in [2.05, 4.69) is 97.3 Å². The second kappa shape index (κ2) is 6.51. The Balaban J connectivity index is 1.68. The first-order chi connectivity index (χ1) is 13.6. The van der Waals surface area contributed by atoms with Gasteiger partial charge in [0.25, 0.3) is 0 Å². The van der Waals surface area contributed by atoms with E-state index >= 15 is 0 Å². The van der Waals surface area contributed by atoms with Crippen molar-refractivity contribution in [2.24, 2.45) is 0 Å². The smallest absolute Gasteiger partial charge is 0.153 e. The quantitative estimate of drug-likeness (QED) is 0.769. The molecule has 0 radical (unpaired) electrons. The van der Waals surface area contributed by atoms with Crippen LogP contribution in [0.1, 0.15) is 48.0 Å². The van der Waals surface area contributed by atoms with Gasteiger partial charge in [-0.15, -0.1) is 0 Å². The Morgan fingerprint density at radius 2 is 1.14 bits per heavy atom. The zero-order chi connectivity index (χ0) is 21.1. The summed E-state index contributed by atoms with van der Waals surface area (Å²) >= 11 is 0. The Labute approximate surface area is 175 Å². The predicted octanol–water partition coefficient (Wildman–Crippen LogP) is 4.33. The van der Waals surface area contributed by atoms with Crippen molar-refractivity contribution in [1.82, 2.24) is 9.97 Å². The number of hydrogen-bond acceptors (Lipinski definition) is 6. The van der Waals surface area contributed by atoms with Crippen LogP contribution in [0.5, 0.6) is 0 Å². The molecular formula is C23H34N6. The van der Waals surface area contributed by atoms with Gasteiger partial charge in [-0.1, -0.05) is 0 Å². The van der Waals surface area contributed by atoms with E-state index in [4.69, 9.17) is 0 Å². The normalized spacial score (nSPS) is 21.7. The van der Waals surface area contributed by atoms with Crippen molar-refractivity contribution in [3.63, 3.8) is 0 Å². The van der Waals surface area contributed by atoms with Crippen molar-refractivity contribution in [1.29, 1.82) is 0 Å². The van der Waals surface area contributed by atoms with Gasteiger partial charge in [0.05, 0.1) is 11.4 Å². The minimum absolute atomic E-state index is 0.0608. The number of rotatable bonds is 4. The lowest BCUT2D eigenvalue weighted by Gasteiger charge is -2.49. The molecule has 0 fully saturated rings. The Morgan fingerprint density at radius 3 is 1.52 bits per heavy atom. The molecule has 0 aliphatic carbocycles. The summed E-state index contributed by atoms with van der Waals surface area (Å²) in [7, 11) is 4.27. The Kier molecular flexibility index (Phi) is 4.44. The third-order valence-electron chi connectivity index (χ3n) is 6.76. The van der Waals surface area contributed by atoms with Gasteiger partial charge in [0, 0.05) is 37.6 Å². The minimum atomic E-state index is -0.0608. The lowest BCUT2D eigenvalue weighted by molar-refractivity contribution is 0.293. The second-order valence-electron chi connectivity index (χ2n) is 9.72. The summed E-state index contributed by atoms with van der Waals surface area (Å²) in [5, 5.41) is 0. The van der Waals surface area contributed by atoms with E-state index in [1.54, 1.807) is 0 Å². The van der Waals surface area contributed by atoms with Gasteiger partial charge in [-0.2, -0.15) is 0 Å². The summed E-state index contributed by atoms with van der Waals surface area (Å²) in [5.41, 5.74) is 2.32. The first-order valence-electron chi connectivity index (χ1n) is 10.5. The third-order valence-corrected chi connectivity index (χ3v) is 6.76. The molecule has 0 saturated carbocycles. The van der Waals surface area contributed by atoms with Gasteiger partial charge in [0.1, 0.15) is 12.3 Å². The molecule has 0 N–H and O–H groups in total. The van der Waals surface area contributed by atoms with Gasteiger partial charge in [0.15, 0.2) is 11.6 Å². The Hall–Kier alpha value is -2.50. The van der Waals surface area contributed by atoms with Crippen LogP contribution in [-0.4, -0.2) is 47.5 Å². The second-order valence-corrected chi connectivity index (χ2v) is 9.72. The molecule has 0 spiro atoms. The maximum atomic E-state index is 4.64. The van der Waals surface area contributed by atoms with Gasteiger partial charge in [0.2, 0.25) is 0 Å². The van der Waals surface area contributed by atoms with Crippen molar-refractivity contribution in [3.05, 3.63) is 36.7 Å². The Morgan fingerprint density at radius 1 is 0.759 bits per heavy atom. The molecule has 2 atom stereocenters. The van der Waals surface area contributed by atoms with Crippen LogP contribution in [0.25, 0.3) is 0 Å². The fourth-order valence-electron chi connectivity index (χ4n) is 5.69. The lowest BCUT2D eigenvalue weighted by atomic mass is 9.83. The molecule has 0 saturated heterocycles. The van der Waals surface area contributed by atoms with Crippen LogP contribution in [0.3, 0.4) is 0 Å². The van der Waals surface area contributed by atoms with Crippen molar-refractivity contribution in [2.75, 3.05) is 33.7 Å². The van der Waals surface area contributed by atoms with Crippen LogP contribution in [0.15, 0.2) is 36.7 Å². The van der Waals surface area contributed by atoms with Crippen molar-refractivity contribution >= 4 is 23.0 Å². The number of fused-ring (bicyclic) bond motifs is 2. The first kappa shape index (κ1) is 19.8. The van der Waals surface area contributed by atoms with E-state index in [1.807, 2.05) is 24.5 Å². The molecule has 6 nitrogen and oxygen atoms in total. The molecule has 0 unspecified atom stereocenters. The van der Waals surface area contributed by atoms with Crippen LogP contribution in [0, 0.1) is 0 Å². The standard InChI is InChI=1S/C23H34N6/c1-16-26(7)20-18(11-9-13-24-20)28(16)22(3,4)15-23(5,6)29-17(2)27(8)21-19(29)12-10-14-25-21/h9-14,16-17H,15H2,1-8H3/t16-,17+. The van der Waals surface area contributed by atoms with Gasteiger partial charge in [-0.05, 0) is 72.2 Å². The number of anilines is 4. The molecule has 4 heterocycles. The maximum Gasteiger partial charge on any atom is 0.153 e. The Bertz CT molecular complexity index is 834. The number of pyridine rings is 2. The van der Waals surface area contributed by atoms with E-state index in [0.29, 0.717) is 0 Å². The molecule has 2 aliphatic rings. The fourth-order valence-corrected chi connectivity index (χ4v) is 5.69. The zero-order valence-electron chi connectivity index (χ0n) is 19.0. The highest BCUT2D eigenvalue weighted by atomic mass is 15.5. The summed E-state index contributed by atoms with van der Waals surface area (Å²) in [6.45, 7) is 14.0. The molecule has 29 heavy (non-hydrogen) atoms. The van der Waals surface area contributed by atoms with Gasteiger partial charge < -0.3 is 19.6 Å². The van der Waals surface area contributed by atoms with Gasteiger partial charge in [-0.3, -0.25) is 0 Å². The van der Waals surface area contributed by atoms with Crippen molar-refractivity contribution in [2.45, 2.75) is 71.4 Å².